The first kappa shape index (κ1) is 13.2. The molecule has 0 saturated heterocycles. The van der Waals surface area contributed by atoms with Crippen LogP contribution in [0.25, 0.3) is 10.8 Å². The van der Waals surface area contributed by atoms with Gasteiger partial charge in [0.2, 0.25) is 0 Å². The van der Waals surface area contributed by atoms with Crippen molar-refractivity contribution in [1.82, 2.24) is 5.32 Å². The van der Waals surface area contributed by atoms with Crippen molar-refractivity contribution < 1.29 is 5.11 Å². The van der Waals surface area contributed by atoms with E-state index in [1.54, 1.807) is 6.07 Å². The van der Waals surface area contributed by atoms with Gasteiger partial charge < -0.3 is 10.4 Å². The second-order valence-corrected chi connectivity index (χ2v) is 5.57. The van der Waals surface area contributed by atoms with E-state index >= 15 is 0 Å². The maximum atomic E-state index is 10.1. The summed E-state index contributed by atoms with van der Waals surface area (Å²) >= 11 is 0. The summed E-state index contributed by atoms with van der Waals surface area (Å²) in [5, 5.41) is 15.9. The fourth-order valence-corrected chi connectivity index (χ4v) is 2.95. The number of fused-ring (bicyclic) bond motifs is 1. The molecule has 3 rings (SSSR count). The smallest absolute Gasteiger partial charge is 0.120 e. The molecule has 1 unspecified atom stereocenters. The molecule has 2 nitrogen and oxygen atoms in total. The minimum Gasteiger partial charge on any atom is -0.508 e. The van der Waals surface area contributed by atoms with E-state index in [9.17, 15) is 5.11 Å². The van der Waals surface area contributed by atoms with Gasteiger partial charge in [-0.15, -0.1) is 0 Å². The molecule has 0 amide bonds. The molecule has 1 aliphatic rings. The zero-order chi connectivity index (χ0) is 13.8. The van der Waals surface area contributed by atoms with Crippen LogP contribution in [0.15, 0.2) is 48.6 Å². The van der Waals surface area contributed by atoms with Crippen LogP contribution in [0.4, 0.5) is 0 Å². The third-order valence-electron chi connectivity index (χ3n) is 4.13. The number of phenols is 1. The van der Waals surface area contributed by atoms with Gasteiger partial charge in [0.05, 0.1) is 0 Å². The van der Waals surface area contributed by atoms with E-state index in [1.807, 2.05) is 18.2 Å². The second-order valence-electron chi connectivity index (χ2n) is 5.57. The van der Waals surface area contributed by atoms with E-state index < -0.39 is 0 Å². The Hall–Kier alpha value is -1.80. The Balaban J connectivity index is 1.70. The summed E-state index contributed by atoms with van der Waals surface area (Å²) in [6.07, 6.45) is 8.20. The highest BCUT2D eigenvalue weighted by Gasteiger charge is 2.11. The van der Waals surface area contributed by atoms with E-state index in [2.05, 4.69) is 29.6 Å². The third kappa shape index (κ3) is 2.86. The largest absolute Gasteiger partial charge is 0.508 e. The van der Waals surface area contributed by atoms with Crippen LogP contribution in [-0.4, -0.2) is 11.7 Å². The average molecular weight is 267 g/mol. The van der Waals surface area contributed by atoms with Crippen LogP contribution in [0.3, 0.4) is 0 Å². The van der Waals surface area contributed by atoms with Crippen molar-refractivity contribution in [2.45, 2.75) is 25.8 Å². The quantitative estimate of drug-likeness (QED) is 0.821. The molecule has 2 aromatic rings. The van der Waals surface area contributed by atoms with Crippen LogP contribution in [0.5, 0.6) is 5.75 Å². The Morgan fingerprint density at radius 3 is 2.85 bits per heavy atom. The predicted octanol–water partition coefficient (Wildman–Crippen LogP) is 3.99. The maximum absolute atomic E-state index is 10.1. The van der Waals surface area contributed by atoms with Crippen molar-refractivity contribution in [2.24, 2.45) is 5.92 Å². The monoisotopic (exact) mass is 267 g/mol. The first-order chi connectivity index (χ1) is 9.84. The molecule has 0 spiro atoms. The fourth-order valence-electron chi connectivity index (χ4n) is 2.95. The van der Waals surface area contributed by atoms with Crippen LogP contribution in [0.2, 0.25) is 0 Å². The van der Waals surface area contributed by atoms with Crippen molar-refractivity contribution >= 4 is 10.8 Å². The van der Waals surface area contributed by atoms with Gasteiger partial charge in [0.15, 0.2) is 0 Å². The van der Waals surface area contributed by atoms with Gasteiger partial charge in [-0.2, -0.15) is 0 Å². The van der Waals surface area contributed by atoms with Gasteiger partial charge in [-0.25, -0.2) is 0 Å². The highest BCUT2D eigenvalue weighted by Crippen LogP contribution is 2.27. The minimum atomic E-state index is 0.389. The van der Waals surface area contributed by atoms with Crippen molar-refractivity contribution in [3.05, 3.63) is 54.1 Å². The molecule has 1 atom stereocenters. The van der Waals surface area contributed by atoms with Crippen LogP contribution < -0.4 is 5.32 Å². The number of hydrogen-bond donors (Lipinski definition) is 2. The number of allylic oxidation sites excluding steroid dienone is 2. The van der Waals surface area contributed by atoms with E-state index in [0.29, 0.717) is 5.75 Å². The van der Waals surface area contributed by atoms with E-state index in [-0.39, 0.29) is 0 Å². The summed E-state index contributed by atoms with van der Waals surface area (Å²) < 4.78 is 0. The summed E-state index contributed by atoms with van der Waals surface area (Å²) in [6, 6.07) is 12.0. The third-order valence-corrected chi connectivity index (χ3v) is 4.13. The fraction of sp³-hybridized carbons (Fsp3) is 0.333. The molecule has 0 aliphatic heterocycles. The summed E-state index contributed by atoms with van der Waals surface area (Å²) in [7, 11) is 0. The lowest BCUT2D eigenvalue weighted by Gasteiger charge is -2.18. The molecular formula is C18H21NO. The number of phenolic OH excluding ortho intramolecular Hbond substituents is 1. The zero-order valence-corrected chi connectivity index (χ0v) is 11.7. The maximum Gasteiger partial charge on any atom is 0.120 e. The Labute approximate surface area is 120 Å². The first-order valence-electron chi connectivity index (χ1n) is 7.40. The SMILES string of the molecule is Oc1ccc2ccccc2c1CNCC1CC=CCC1. The topological polar surface area (TPSA) is 32.3 Å². The lowest BCUT2D eigenvalue weighted by atomic mass is 9.94. The summed E-state index contributed by atoms with van der Waals surface area (Å²) in [6.45, 7) is 1.75. The molecule has 0 bridgehead atoms. The van der Waals surface area contributed by atoms with Crippen molar-refractivity contribution in [1.29, 1.82) is 0 Å². The van der Waals surface area contributed by atoms with Gasteiger partial charge in [0, 0.05) is 12.1 Å². The van der Waals surface area contributed by atoms with Crippen molar-refractivity contribution in [3.63, 3.8) is 0 Å². The standard InChI is InChI=1S/C18H21NO/c20-18-11-10-15-8-4-5-9-16(15)17(18)13-19-12-14-6-2-1-3-7-14/h1-2,4-5,8-11,14,19-20H,3,6-7,12-13H2. The molecule has 0 heterocycles. The van der Waals surface area contributed by atoms with Crippen LogP contribution in [0, 0.1) is 5.92 Å². The highest BCUT2D eigenvalue weighted by molar-refractivity contribution is 5.87. The molecule has 2 aromatic carbocycles. The van der Waals surface area contributed by atoms with E-state index in [0.717, 1.165) is 30.0 Å². The molecule has 0 radical (unpaired) electrons. The normalized spacial score (nSPS) is 18.5. The summed E-state index contributed by atoms with van der Waals surface area (Å²) in [5.74, 6) is 1.12. The Morgan fingerprint density at radius 1 is 1.10 bits per heavy atom. The molecule has 0 saturated carbocycles. The van der Waals surface area contributed by atoms with Crippen LogP contribution >= 0.6 is 0 Å². The molecule has 2 heteroatoms. The van der Waals surface area contributed by atoms with Gasteiger partial charge in [0.25, 0.3) is 0 Å². The van der Waals surface area contributed by atoms with Gasteiger partial charge in [-0.1, -0.05) is 42.5 Å². The molecular weight excluding hydrogens is 246 g/mol. The van der Waals surface area contributed by atoms with E-state index in [1.165, 1.54) is 24.6 Å². The molecule has 0 fully saturated rings. The van der Waals surface area contributed by atoms with Gasteiger partial charge >= 0.3 is 0 Å². The predicted molar refractivity (Wildman–Crippen MR) is 83.8 cm³/mol. The summed E-state index contributed by atoms with van der Waals surface area (Å²) in [5.41, 5.74) is 1.01. The number of nitrogens with one attached hydrogen (secondary N) is 1. The average Bonchev–Trinajstić information content (AvgIpc) is 2.50. The Kier molecular flexibility index (Phi) is 4.03. The summed E-state index contributed by atoms with van der Waals surface area (Å²) in [4.78, 5) is 0. The van der Waals surface area contributed by atoms with Crippen LogP contribution in [0.1, 0.15) is 24.8 Å². The van der Waals surface area contributed by atoms with Crippen molar-refractivity contribution in [3.8, 4) is 5.75 Å². The van der Waals surface area contributed by atoms with Gasteiger partial charge in [-0.3, -0.25) is 0 Å². The Morgan fingerprint density at radius 2 is 2.00 bits per heavy atom. The number of benzene rings is 2. The number of hydrogen-bond acceptors (Lipinski definition) is 2. The lowest BCUT2D eigenvalue weighted by Crippen LogP contribution is -2.23. The number of aromatic hydroxyl groups is 1. The first-order valence-corrected chi connectivity index (χ1v) is 7.40. The molecule has 1 aliphatic carbocycles. The molecule has 2 N–H and O–H groups in total. The lowest BCUT2D eigenvalue weighted by molar-refractivity contribution is 0.432. The minimum absolute atomic E-state index is 0.389. The molecule has 0 aromatic heterocycles. The Bertz CT molecular complexity index is 618. The van der Waals surface area contributed by atoms with Gasteiger partial charge in [-0.05, 0) is 48.6 Å². The molecule has 104 valence electrons. The van der Waals surface area contributed by atoms with Crippen molar-refractivity contribution in [2.75, 3.05) is 6.54 Å². The highest BCUT2D eigenvalue weighted by atomic mass is 16.3. The molecule has 20 heavy (non-hydrogen) atoms. The van der Waals surface area contributed by atoms with E-state index in [4.69, 9.17) is 0 Å². The zero-order valence-electron chi connectivity index (χ0n) is 11.7. The second kappa shape index (κ2) is 6.10. The number of rotatable bonds is 4. The van der Waals surface area contributed by atoms with Crippen LogP contribution in [-0.2, 0) is 6.54 Å². The van der Waals surface area contributed by atoms with Gasteiger partial charge in [0.1, 0.15) is 5.75 Å².